The number of hydrogen-bond donors (Lipinski definition) is 1. The number of carbonyl (C=O) groups is 1. The van der Waals surface area contributed by atoms with Gasteiger partial charge in [-0.2, -0.15) is 0 Å². The standard InChI is InChI=1S/C39H64N2O8/c1-2-3-4-5-6-7-8-9-10-11-12-13-14-15-16-17-38(42)40-34-18-19-35-36(33-39(43)49-37(35)32-34)41-20-22-44-24-26-46-28-30-48-31-29-47-27-25-45-23-21-41/h18-19,32-33H,2-17,20-31H2,1H3,(H,40,42). The molecule has 0 spiro atoms. The van der Waals surface area contributed by atoms with Gasteiger partial charge >= 0.3 is 5.63 Å². The van der Waals surface area contributed by atoms with Gasteiger partial charge < -0.3 is 38.3 Å². The second-order valence-electron chi connectivity index (χ2n) is 13.0. The van der Waals surface area contributed by atoms with Gasteiger partial charge in [-0.25, -0.2) is 4.79 Å². The third kappa shape index (κ3) is 18.9. The first-order chi connectivity index (χ1) is 24.2. The van der Waals surface area contributed by atoms with E-state index >= 15 is 0 Å². The van der Waals surface area contributed by atoms with Crippen LogP contribution in [0.15, 0.2) is 33.5 Å². The fourth-order valence-corrected chi connectivity index (χ4v) is 6.05. The molecule has 10 nitrogen and oxygen atoms in total. The Morgan fingerprint density at radius 3 is 1.55 bits per heavy atom. The number of anilines is 2. The molecule has 1 saturated heterocycles. The van der Waals surface area contributed by atoms with Gasteiger partial charge in [-0.1, -0.05) is 96.8 Å². The normalized spacial score (nSPS) is 16.3. The van der Waals surface area contributed by atoms with Gasteiger partial charge in [0.1, 0.15) is 5.58 Å². The van der Waals surface area contributed by atoms with Gasteiger partial charge in [0.2, 0.25) is 5.91 Å². The molecule has 1 aliphatic rings. The van der Waals surface area contributed by atoms with E-state index in [1.165, 1.54) is 89.5 Å². The van der Waals surface area contributed by atoms with E-state index in [2.05, 4.69) is 17.1 Å². The summed E-state index contributed by atoms with van der Waals surface area (Å²) < 4.78 is 33.8. The molecule has 1 N–H and O–H groups in total. The van der Waals surface area contributed by atoms with E-state index in [9.17, 15) is 9.59 Å². The molecule has 1 amide bonds. The fourth-order valence-electron chi connectivity index (χ4n) is 6.05. The summed E-state index contributed by atoms with van der Waals surface area (Å²) in [4.78, 5) is 27.4. The van der Waals surface area contributed by atoms with Crippen molar-refractivity contribution in [1.29, 1.82) is 0 Å². The van der Waals surface area contributed by atoms with Crippen LogP contribution in [0.5, 0.6) is 0 Å². The van der Waals surface area contributed by atoms with Crippen LogP contribution in [0.3, 0.4) is 0 Å². The largest absolute Gasteiger partial charge is 0.423 e. The molecular weight excluding hydrogens is 624 g/mol. The molecule has 2 heterocycles. The number of unbranched alkanes of at least 4 members (excludes halogenated alkanes) is 14. The summed E-state index contributed by atoms with van der Waals surface area (Å²) in [7, 11) is 0. The van der Waals surface area contributed by atoms with E-state index in [4.69, 9.17) is 28.1 Å². The fraction of sp³-hybridized carbons (Fsp3) is 0.744. The number of fused-ring (bicyclic) bond motifs is 1. The van der Waals surface area contributed by atoms with Crippen molar-refractivity contribution in [1.82, 2.24) is 0 Å². The van der Waals surface area contributed by atoms with Gasteiger partial charge in [0.05, 0.1) is 71.8 Å². The Morgan fingerprint density at radius 2 is 1.06 bits per heavy atom. The van der Waals surface area contributed by atoms with E-state index < -0.39 is 5.63 Å². The highest BCUT2D eigenvalue weighted by molar-refractivity contribution is 5.96. The third-order valence-corrected chi connectivity index (χ3v) is 8.85. The number of rotatable bonds is 18. The predicted molar refractivity (Wildman–Crippen MR) is 197 cm³/mol. The first kappa shape index (κ1) is 40.9. The van der Waals surface area contributed by atoms with Crippen molar-refractivity contribution in [2.24, 2.45) is 0 Å². The molecule has 10 heteroatoms. The van der Waals surface area contributed by atoms with E-state index in [-0.39, 0.29) is 5.91 Å². The maximum Gasteiger partial charge on any atom is 0.338 e. The van der Waals surface area contributed by atoms with Gasteiger partial charge in [0.15, 0.2) is 0 Å². The van der Waals surface area contributed by atoms with Crippen LogP contribution in [0, 0.1) is 0 Å². The zero-order valence-corrected chi connectivity index (χ0v) is 30.3. The lowest BCUT2D eigenvalue weighted by atomic mass is 10.0. The van der Waals surface area contributed by atoms with Crippen LogP contribution in [0.2, 0.25) is 0 Å². The zero-order valence-electron chi connectivity index (χ0n) is 30.3. The second-order valence-corrected chi connectivity index (χ2v) is 13.0. The van der Waals surface area contributed by atoms with Crippen LogP contribution in [0.1, 0.15) is 110 Å². The SMILES string of the molecule is CCCCCCCCCCCCCCCCCC(=O)Nc1ccc2c(N3CCOCCOCCOCCOCCOCC3)cc(=O)oc2c1. The molecule has 1 fully saturated rings. The van der Waals surface area contributed by atoms with Gasteiger partial charge in [0, 0.05) is 42.7 Å². The molecule has 0 saturated carbocycles. The Hall–Kier alpha value is -2.50. The van der Waals surface area contributed by atoms with Crippen molar-refractivity contribution >= 4 is 28.3 Å². The molecule has 0 unspecified atom stereocenters. The van der Waals surface area contributed by atoms with Crippen molar-refractivity contribution in [3.63, 3.8) is 0 Å². The monoisotopic (exact) mass is 688 g/mol. The highest BCUT2D eigenvalue weighted by atomic mass is 16.6. The number of ether oxygens (including phenoxy) is 5. The van der Waals surface area contributed by atoms with Crippen LogP contribution < -0.4 is 15.8 Å². The maximum absolute atomic E-state index is 12.7. The molecule has 278 valence electrons. The summed E-state index contributed by atoms with van der Waals surface area (Å²) in [5.74, 6) is -0.0186. The average molecular weight is 689 g/mol. The highest BCUT2D eigenvalue weighted by Crippen LogP contribution is 2.28. The minimum atomic E-state index is -0.450. The minimum absolute atomic E-state index is 0.0186. The van der Waals surface area contributed by atoms with Crippen LogP contribution in [0.4, 0.5) is 11.4 Å². The maximum atomic E-state index is 12.7. The molecular formula is C39H64N2O8. The third-order valence-electron chi connectivity index (χ3n) is 8.85. The van der Waals surface area contributed by atoms with Gasteiger partial charge in [-0.15, -0.1) is 0 Å². The van der Waals surface area contributed by atoms with E-state index in [1.54, 1.807) is 6.07 Å². The van der Waals surface area contributed by atoms with Crippen molar-refractivity contribution in [2.75, 3.05) is 89.4 Å². The quantitative estimate of drug-likeness (QED) is 0.124. The first-order valence-electron chi connectivity index (χ1n) is 19.2. The number of nitrogens with zero attached hydrogens (tertiary/aromatic N) is 1. The number of benzene rings is 1. The summed E-state index contributed by atoms with van der Waals surface area (Å²) in [6.07, 6.45) is 19.9. The Morgan fingerprint density at radius 1 is 0.612 bits per heavy atom. The number of carbonyl (C=O) groups excluding carboxylic acids is 1. The van der Waals surface area contributed by atoms with E-state index in [0.29, 0.717) is 96.8 Å². The van der Waals surface area contributed by atoms with Crippen LogP contribution in [-0.2, 0) is 28.5 Å². The summed E-state index contributed by atoms with van der Waals surface area (Å²) >= 11 is 0. The Kier molecular flexibility index (Phi) is 22.8. The van der Waals surface area contributed by atoms with Gasteiger partial charge in [-0.3, -0.25) is 4.79 Å². The molecule has 0 bridgehead atoms. The molecule has 1 aromatic carbocycles. The highest BCUT2D eigenvalue weighted by Gasteiger charge is 2.15. The van der Waals surface area contributed by atoms with Gasteiger partial charge in [-0.05, 0) is 18.6 Å². The predicted octanol–water partition coefficient (Wildman–Crippen LogP) is 7.90. The zero-order chi connectivity index (χ0) is 34.6. The first-order valence-corrected chi connectivity index (χ1v) is 19.2. The summed E-state index contributed by atoms with van der Waals surface area (Å²) in [6, 6.07) is 7.01. The van der Waals surface area contributed by atoms with Crippen LogP contribution in [-0.4, -0.2) is 85.1 Å². The Labute approximate surface area is 294 Å². The number of hydrogen-bond acceptors (Lipinski definition) is 9. The molecule has 1 aromatic heterocycles. The van der Waals surface area contributed by atoms with Crippen LogP contribution in [0.25, 0.3) is 11.0 Å². The molecule has 1 aliphatic heterocycles. The Bertz CT molecular complexity index is 1170. The lowest BCUT2D eigenvalue weighted by Crippen LogP contribution is -2.32. The van der Waals surface area contributed by atoms with Crippen molar-refractivity contribution in [3.8, 4) is 0 Å². The number of nitrogens with one attached hydrogen (secondary N) is 1. The lowest BCUT2D eigenvalue weighted by Gasteiger charge is -2.26. The molecule has 3 rings (SSSR count). The molecule has 0 radical (unpaired) electrons. The van der Waals surface area contributed by atoms with Gasteiger partial charge in [0.25, 0.3) is 0 Å². The van der Waals surface area contributed by atoms with Crippen molar-refractivity contribution in [2.45, 2.75) is 110 Å². The van der Waals surface area contributed by atoms with E-state index in [1.807, 2.05) is 12.1 Å². The molecule has 2 aromatic rings. The summed E-state index contributed by atoms with van der Waals surface area (Å²) in [5.41, 5.74) is 1.34. The molecule has 0 aliphatic carbocycles. The average Bonchev–Trinajstić information content (AvgIpc) is 3.09. The lowest BCUT2D eigenvalue weighted by molar-refractivity contribution is -0.116. The number of amides is 1. The van der Waals surface area contributed by atoms with Crippen molar-refractivity contribution in [3.05, 3.63) is 34.7 Å². The molecule has 49 heavy (non-hydrogen) atoms. The Balaban J connectivity index is 1.40. The van der Waals surface area contributed by atoms with E-state index in [0.717, 1.165) is 23.9 Å². The van der Waals surface area contributed by atoms with Crippen molar-refractivity contribution < 1.29 is 32.9 Å². The summed E-state index contributed by atoms with van der Waals surface area (Å²) in [5, 5.41) is 3.78. The van der Waals surface area contributed by atoms with Crippen LogP contribution >= 0.6 is 0 Å². The minimum Gasteiger partial charge on any atom is -0.423 e. The summed E-state index contributed by atoms with van der Waals surface area (Å²) in [6.45, 7) is 8.23. The topological polar surface area (TPSA) is 109 Å². The second kappa shape index (κ2) is 27.3. The smallest absolute Gasteiger partial charge is 0.338 e. The molecule has 0 atom stereocenters.